The predicted octanol–water partition coefficient (Wildman–Crippen LogP) is 0.894. The molecule has 2 saturated heterocycles. The topological polar surface area (TPSA) is 60.0 Å². The molecule has 1 amide bonds. The third-order valence-corrected chi connectivity index (χ3v) is 4.76. The number of amides is 1. The maximum absolute atomic E-state index is 11.8. The van der Waals surface area contributed by atoms with Crippen molar-refractivity contribution in [2.45, 2.75) is 45.6 Å². The van der Waals surface area contributed by atoms with Crippen LogP contribution in [-0.4, -0.2) is 74.0 Å². The molecule has 0 radical (unpaired) electrons. The normalized spacial score (nSPS) is 26.4. The molecule has 132 valence electrons. The van der Waals surface area contributed by atoms with E-state index in [4.69, 9.17) is 4.99 Å². The smallest absolute Gasteiger partial charge is 0.222 e. The minimum Gasteiger partial charge on any atom is -0.357 e. The molecule has 0 aromatic heterocycles. The van der Waals surface area contributed by atoms with Crippen molar-refractivity contribution in [1.29, 1.82) is 0 Å². The van der Waals surface area contributed by atoms with Crippen LogP contribution in [0.25, 0.3) is 0 Å². The van der Waals surface area contributed by atoms with Crippen molar-refractivity contribution < 1.29 is 4.79 Å². The number of carbonyl (C=O) groups excluding carboxylic acids is 1. The summed E-state index contributed by atoms with van der Waals surface area (Å²) in [5.74, 6) is 1.81. The molecule has 6 nitrogen and oxygen atoms in total. The van der Waals surface area contributed by atoms with E-state index in [1.807, 2.05) is 11.8 Å². The number of nitrogens with zero attached hydrogens (tertiary/aromatic N) is 3. The van der Waals surface area contributed by atoms with Crippen molar-refractivity contribution in [2.75, 3.05) is 46.3 Å². The molecule has 2 atom stereocenters. The van der Waals surface area contributed by atoms with Crippen LogP contribution < -0.4 is 10.6 Å². The zero-order valence-corrected chi connectivity index (χ0v) is 15.0. The van der Waals surface area contributed by atoms with Gasteiger partial charge in [-0.15, -0.1) is 0 Å². The Bertz CT molecular complexity index is 412. The number of hydrogen-bond acceptors (Lipinski definition) is 3. The molecule has 2 fully saturated rings. The van der Waals surface area contributed by atoms with Crippen LogP contribution in [0.3, 0.4) is 0 Å². The van der Waals surface area contributed by atoms with Crippen molar-refractivity contribution in [3.63, 3.8) is 0 Å². The van der Waals surface area contributed by atoms with Gasteiger partial charge in [0.15, 0.2) is 5.96 Å². The van der Waals surface area contributed by atoms with Gasteiger partial charge in [-0.1, -0.05) is 6.92 Å². The Balaban J connectivity index is 1.83. The van der Waals surface area contributed by atoms with Crippen LogP contribution in [0, 0.1) is 5.92 Å². The number of aliphatic imine (C=N–C) groups is 1. The largest absolute Gasteiger partial charge is 0.357 e. The SMILES string of the molecule is CCNC(=NCC1CCCN(C)C1)NC1CCN(C(=O)CC)C1. The number of rotatable bonds is 5. The van der Waals surface area contributed by atoms with Gasteiger partial charge >= 0.3 is 0 Å². The summed E-state index contributed by atoms with van der Waals surface area (Å²) in [5.41, 5.74) is 0. The van der Waals surface area contributed by atoms with Gasteiger partial charge in [-0.3, -0.25) is 9.79 Å². The molecule has 0 spiro atoms. The first kappa shape index (κ1) is 18.0. The standard InChI is InChI=1S/C17H33N5O/c1-4-16(23)22-10-8-15(13-22)20-17(18-5-2)19-11-14-7-6-9-21(3)12-14/h14-15H,4-13H2,1-3H3,(H2,18,19,20). The molecule has 2 heterocycles. The third-order valence-electron chi connectivity index (χ3n) is 4.76. The van der Waals surface area contributed by atoms with E-state index in [2.05, 4.69) is 29.5 Å². The summed E-state index contributed by atoms with van der Waals surface area (Å²) in [5, 5.41) is 6.85. The van der Waals surface area contributed by atoms with Gasteiger partial charge in [0, 0.05) is 45.2 Å². The molecule has 0 aromatic rings. The molecule has 2 aliphatic heterocycles. The van der Waals surface area contributed by atoms with Gasteiger partial charge < -0.3 is 20.4 Å². The Morgan fingerprint density at radius 2 is 2.04 bits per heavy atom. The lowest BCUT2D eigenvalue weighted by atomic mass is 9.99. The van der Waals surface area contributed by atoms with Gasteiger partial charge in [0.05, 0.1) is 0 Å². The molecule has 0 aliphatic carbocycles. The summed E-state index contributed by atoms with van der Waals surface area (Å²) in [6.45, 7) is 9.76. The first-order valence-corrected chi connectivity index (χ1v) is 9.13. The van der Waals surface area contributed by atoms with Crippen molar-refractivity contribution in [3.8, 4) is 0 Å². The second kappa shape index (κ2) is 9.11. The molecule has 2 unspecified atom stereocenters. The predicted molar refractivity (Wildman–Crippen MR) is 94.6 cm³/mol. The number of carbonyl (C=O) groups is 1. The minimum absolute atomic E-state index is 0.251. The van der Waals surface area contributed by atoms with Crippen LogP contribution in [0.15, 0.2) is 4.99 Å². The van der Waals surface area contributed by atoms with Crippen LogP contribution in [-0.2, 0) is 4.79 Å². The van der Waals surface area contributed by atoms with Gasteiger partial charge in [0.1, 0.15) is 0 Å². The molecular weight excluding hydrogens is 290 g/mol. The number of nitrogens with one attached hydrogen (secondary N) is 2. The molecular formula is C17H33N5O. The lowest BCUT2D eigenvalue weighted by Gasteiger charge is -2.28. The Hall–Kier alpha value is -1.30. The van der Waals surface area contributed by atoms with Crippen molar-refractivity contribution in [3.05, 3.63) is 0 Å². The fourth-order valence-electron chi connectivity index (χ4n) is 3.48. The molecule has 0 aromatic carbocycles. The van der Waals surface area contributed by atoms with E-state index < -0.39 is 0 Å². The van der Waals surface area contributed by atoms with Gasteiger partial charge in [-0.2, -0.15) is 0 Å². The average Bonchev–Trinajstić information content (AvgIpc) is 3.01. The Kier molecular flexibility index (Phi) is 7.15. The van der Waals surface area contributed by atoms with E-state index in [-0.39, 0.29) is 5.91 Å². The fourth-order valence-corrected chi connectivity index (χ4v) is 3.48. The lowest BCUT2D eigenvalue weighted by molar-refractivity contribution is -0.129. The lowest BCUT2D eigenvalue weighted by Crippen LogP contribution is -2.45. The molecule has 2 rings (SSSR count). The van der Waals surface area contributed by atoms with E-state index in [9.17, 15) is 4.79 Å². The summed E-state index contributed by atoms with van der Waals surface area (Å²) in [7, 11) is 2.19. The monoisotopic (exact) mass is 323 g/mol. The highest BCUT2D eigenvalue weighted by molar-refractivity contribution is 5.80. The Morgan fingerprint density at radius 3 is 2.74 bits per heavy atom. The molecule has 23 heavy (non-hydrogen) atoms. The zero-order valence-electron chi connectivity index (χ0n) is 15.0. The van der Waals surface area contributed by atoms with Gasteiger partial charge in [0.2, 0.25) is 5.91 Å². The van der Waals surface area contributed by atoms with E-state index in [1.165, 1.54) is 19.4 Å². The Morgan fingerprint density at radius 1 is 1.22 bits per heavy atom. The molecule has 0 bridgehead atoms. The number of guanidine groups is 1. The number of likely N-dealkylation sites (tertiary alicyclic amines) is 2. The highest BCUT2D eigenvalue weighted by Gasteiger charge is 2.26. The quantitative estimate of drug-likeness (QED) is 0.583. The number of hydrogen-bond donors (Lipinski definition) is 2. The van der Waals surface area contributed by atoms with Crippen LogP contribution >= 0.6 is 0 Å². The van der Waals surface area contributed by atoms with E-state index >= 15 is 0 Å². The second-order valence-electron chi connectivity index (χ2n) is 6.81. The summed E-state index contributed by atoms with van der Waals surface area (Å²) < 4.78 is 0. The summed E-state index contributed by atoms with van der Waals surface area (Å²) in [4.78, 5) is 20.9. The van der Waals surface area contributed by atoms with Gasteiger partial charge in [-0.05, 0) is 45.7 Å². The molecule has 2 N–H and O–H groups in total. The van der Waals surface area contributed by atoms with Crippen molar-refractivity contribution >= 4 is 11.9 Å². The highest BCUT2D eigenvalue weighted by Crippen LogP contribution is 2.15. The molecule has 0 saturated carbocycles. The summed E-state index contributed by atoms with van der Waals surface area (Å²) in [6, 6.07) is 0.317. The highest BCUT2D eigenvalue weighted by atomic mass is 16.2. The number of piperidine rings is 1. The van der Waals surface area contributed by atoms with Crippen molar-refractivity contribution in [1.82, 2.24) is 20.4 Å². The van der Waals surface area contributed by atoms with Gasteiger partial charge in [-0.25, -0.2) is 0 Å². The van der Waals surface area contributed by atoms with Crippen LogP contribution in [0.4, 0.5) is 0 Å². The third kappa shape index (κ3) is 5.68. The van der Waals surface area contributed by atoms with Crippen LogP contribution in [0.5, 0.6) is 0 Å². The second-order valence-corrected chi connectivity index (χ2v) is 6.81. The van der Waals surface area contributed by atoms with E-state index in [0.29, 0.717) is 18.4 Å². The average molecular weight is 323 g/mol. The summed E-state index contributed by atoms with van der Waals surface area (Å²) >= 11 is 0. The molecule has 2 aliphatic rings. The van der Waals surface area contributed by atoms with E-state index in [0.717, 1.165) is 45.1 Å². The Labute approximate surface area is 140 Å². The minimum atomic E-state index is 0.251. The maximum Gasteiger partial charge on any atom is 0.222 e. The van der Waals surface area contributed by atoms with E-state index in [1.54, 1.807) is 0 Å². The summed E-state index contributed by atoms with van der Waals surface area (Å²) in [6.07, 6.45) is 4.14. The zero-order chi connectivity index (χ0) is 16.7. The van der Waals surface area contributed by atoms with Gasteiger partial charge in [0.25, 0.3) is 0 Å². The van der Waals surface area contributed by atoms with Crippen LogP contribution in [0.1, 0.15) is 39.5 Å². The van der Waals surface area contributed by atoms with Crippen LogP contribution in [0.2, 0.25) is 0 Å². The first-order chi connectivity index (χ1) is 11.1. The van der Waals surface area contributed by atoms with Crippen molar-refractivity contribution in [2.24, 2.45) is 10.9 Å². The fraction of sp³-hybridized carbons (Fsp3) is 0.882. The first-order valence-electron chi connectivity index (χ1n) is 9.13. The maximum atomic E-state index is 11.8. The molecule has 6 heteroatoms.